The van der Waals surface area contributed by atoms with E-state index in [1.54, 1.807) is 23.9 Å². The number of para-hydroxylation sites is 1. The van der Waals surface area contributed by atoms with E-state index in [2.05, 4.69) is 15.4 Å². The number of anilines is 2. The van der Waals surface area contributed by atoms with Gasteiger partial charge in [-0.15, -0.1) is 5.10 Å². The first-order chi connectivity index (χ1) is 15.1. The zero-order valence-corrected chi connectivity index (χ0v) is 17.2. The lowest BCUT2D eigenvalue weighted by Crippen LogP contribution is -2.17. The molecule has 31 heavy (non-hydrogen) atoms. The van der Waals surface area contributed by atoms with Gasteiger partial charge in [0.25, 0.3) is 0 Å². The van der Waals surface area contributed by atoms with Crippen molar-refractivity contribution in [1.82, 2.24) is 19.7 Å². The predicted molar refractivity (Wildman–Crippen MR) is 119 cm³/mol. The second kappa shape index (κ2) is 7.86. The Morgan fingerprint density at radius 1 is 1.06 bits per heavy atom. The Labute approximate surface area is 179 Å². The van der Waals surface area contributed by atoms with Gasteiger partial charge in [0.05, 0.1) is 23.9 Å². The van der Waals surface area contributed by atoms with E-state index in [1.807, 2.05) is 24.3 Å². The zero-order chi connectivity index (χ0) is 21.4. The Morgan fingerprint density at radius 3 is 2.55 bits per heavy atom. The number of hydrogen-bond donors (Lipinski definition) is 2. The third kappa shape index (κ3) is 3.54. The van der Waals surface area contributed by atoms with E-state index in [0.29, 0.717) is 46.0 Å². The molecule has 0 atom stereocenters. The Bertz CT molecular complexity index is 1230. The molecule has 0 spiro atoms. The second-order valence-electron chi connectivity index (χ2n) is 7.69. The molecule has 3 N–H and O–H groups in total. The highest BCUT2D eigenvalue weighted by molar-refractivity contribution is 6.00. The van der Waals surface area contributed by atoms with E-state index in [0.717, 1.165) is 18.4 Å². The van der Waals surface area contributed by atoms with Crippen LogP contribution in [0.5, 0.6) is 5.75 Å². The highest BCUT2D eigenvalue weighted by Crippen LogP contribution is 2.37. The van der Waals surface area contributed by atoms with Crippen LogP contribution in [0.2, 0.25) is 0 Å². The number of ether oxygens (including phenoxy) is 1. The summed E-state index contributed by atoms with van der Waals surface area (Å²) >= 11 is 0. The maximum absolute atomic E-state index is 13.4. The highest BCUT2D eigenvalue weighted by atomic mass is 19.1. The third-order valence-electron chi connectivity index (χ3n) is 5.69. The van der Waals surface area contributed by atoms with Gasteiger partial charge in [-0.25, -0.2) is 14.1 Å². The van der Waals surface area contributed by atoms with Crippen molar-refractivity contribution in [2.24, 2.45) is 0 Å². The average Bonchev–Trinajstić information content (AvgIpc) is 3.42. The van der Waals surface area contributed by atoms with Crippen LogP contribution in [0, 0.1) is 5.82 Å². The summed E-state index contributed by atoms with van der Waals surface area (Å²) in [5, 5.41) is 8.71. The van der Waals surface area contributed by atoms with Crippen LogP contribution < -0.4 is 15.8 Å². The van der Waals surface area contributed by atoms with Crippen LogP contribution in [-0.2, 0) is 0 Å². The van der Waals surface area contributed by atoms with Crippen LogP contribution >= 0.6 is 0 Å². The van der Waals surface area contributed by atoms with Gasteiger partial charge in [0, 0.05) is 11.6 Å². The van der Waals surface area contributed by atoms with Crippen LogP contribution in [-0.4, -0.2) is 32.9 Å². The van der Waals surface area contributed by atoms with Crippen molar-refractivity contribution >= 4 is 22.8 Å². The summed E-state index contributed by atoms with van der Waals surface area (Å²) in [6.07, 6.45) is 4.59. The Morgan fingerprint density at radius 2 is 1.81 bits per heavy atom. The Hall–Kier alpha value is -3.68. The first-order valence-electron chi connectivity index (χ1n) is 10.4. The molecule has 0 saturated heterocycles. The molecule has 0 bridgehead atoms. The van der Waals surface area contributed by atoms with Crippen molar-refractivity contribution in [2.45, 2.75) is 31.7 Å². The van der Waals surface area contributed by atoms with Crippen LogP contribution in [0.15, 0.2) is 48.5 Å². The molecule has 2 aromatic carbocycles. The van der Waals surface area contributed by atoms with Gasteiger partial charge < -0.3 is 15.8 Å². The lowest BCUT2D eigenvalue weighted by molar-refractivity contribution is 0.416. The summed E-state index contributed by atoms with van der Waals surface area (Å²) in [6, 6.07) is 14.0. The summed E-state index contributed by atoms with van der Waals surface area (Å²) in [7, 11) is 1.63. The molecule has 2 heterocycles. The number of fused-ring (bicyclic) bond motifs is 1. The van der Waals surface area contributed by atoms with Gasteiger partial charge in [-0.3, -0.25) is 0 Å². The molecule has 0 radical (unpaired) electrons. The van der Waals surface area contributed by atoms with Gasteiger partial charge in [-0.1, -0.05) is 25.0 Å². The molecule has 0 unspecified atom stereocenters. The molecule has 7 nitrogen and oxygen atoms in total. The number of nitrogens with one attached hydrogen (secondary N) is 1. The predicted octanol–water partition coefficient (Wildman–Crippen LogP) is 4.57. The van der Waals surface area contributed by atoms with E-state index >= 15 is 0 Å². The van der Waals surface area contributed by atoms with Gasteiger partial charge in [-0.05, 0) is 49.2 Å². The molecule has 0 aliphatic heterocycles. The van der Waals surface area contributed by atoms with E-state index in [9.17, 15) is 4.39 Å². The maximum atomic E-state index is 13.4. The van der Waals surface area contributed by atoms with Gasteiger partial charge in [0.1, 0.15) is 17.4 Å². The molecule has 4 aromatic rings. The molecule has 158 valence electrons. The van der Waals surface area contributed by atoms with Crippen molar-refractivity contribution in [1.29, 1.82) is 0 Å². The Balaban J connectivity index is 1.72. The first kappa shape index (κ1) is 19.3. The summed E-state index contributed by atoms with van der Waals surface area (Å²) < 4.78 is 20.6. The zero-order valence-electron chi connectivity index (χ0n) is 17.2. The number of nitrogen functional groups attached to an aromatic ring is 1. The van der Waals surface area contributed by atoms with E-state index in [1.165, 1.54) is 25.0 Å². The van der Waals surface area contributed by atoms with Gasteiger partial charge in [-0.2, -0.15) is 4.98 Å². The standard InChI is InChI=1S/C23H23FN6O/c1-31-18-9-5-4-8-17(18)20-19-21(25)30(16-12-10-14(24)11-13-16)29-22(19)28-23(27-20)26-15-6-2-3-7-15/h4-5,8-13,15H,2-3,6-7,25H2,1H3,(H,26,28,29). The number of aromatic nitrogens is 4. The minimum absolute atomic E-state index is 0.323. The third-order valence-corrected chi connectivity index (χ3v) is 5.69. The number of methoxy groups -OCH3 is 1. The fourth-order valence-corrected chi connectivity index (χ4v) is 4.14. The van der Waals surface area contributed by atoms with Crippen molar-refractivity contribution < 1.29 is 9.13 Å². The van der Waals surface area contributed by atoms with Crippen LogP contribution in [0.1, 0.15) is 25.7 Å². The van der Waals surface area contributed by atoms with E-state index < -0.39 is 0 Å². The van der Waals surface area contributed by atoms with E-state index in [4.69, 9.17) is 15.5 Å². The molecule has 8 heteroatoms. The number of nitrogens with two attached hydrogens (primary N) is 1. The minimum Gasteiger partial charge on any atom is -0.496 e. The molecular weight excluding hydrogens is 395 g/mol. The SMILES string of the molecule is COc1ccccc1-c1nc(NC2CCCC2)nc2nn(-c3ccc(F)cc3)c(N)c12. The monoisotopic (exact) mass is 418 g/mol. The fourth-order valence-electron chi connectivity index (χ4n) is 4.14. The number of hydrogen-bond acceptors (Lipinski definition) is 6. The molecule has 2 aromatic heterocycles. The number of halogens is 1. The number of rotatable bonds is 5. The molecule has 1 fully saturated rings. The largest absolute Gasteiger partial charge is 0.496 e. The highest BCUT2D eigenvalue weighted by Gasteiger charge is 2.23. The topological polar surface area (TPSA) is 90.9 Å². The van der Waals surface area contributed by atoms with E-state index in [-0.39, 0.29) is 5.82 Å². The van der Waals surface area contributed by atoms with Gasteiger partial charge >= 0.3 is 0 Å². The Kier molecular flexibility index (Phi) is 4.89. The van der Waals surface area contributed by atoms with Crippen molar-refractivity contribution in [2.75, 3.05) is 18.2 Å². The number of benzene rings is 2. The van der Waals surface area contributed by atoms with Crippen molar-refractivity contribution in [3.63, 3.8) is 0 Å². The quantitative estimate of drug-likeness (QED) is 0.493. The second-order valence-corrected chi connectivity index (χ2v) is 7.69. The molecular formula is C23H23FN6O. The maximum Gasteiger partial charge on any atom is 0.225 e. The summed E-state index contributed by atoms with van der Waals surface area (Å²) in [5.41, 5.74) is 9.08. The van der Waals surface area contributed by atoms with Gasteiger partial charge in [0.15, 0.2) is 5.65 Å². The molecule has 1 saturated carbocycles. The molecule has 1 aliphatic carbocycles. The van der Waals surface area contributed by atoms with Crippen LogP contribution in [0.3, 0.4) is 0 Å². The summed E-state index contributed by atoms with van der Waals surface area (Å²) in [5.74, 6) is 1.26. The molecule has 1 aliphatic rings. The first-order valence-corrected chi connectivity index (χ1v) is 10.4. The smallest absolute Gasteiger partial charge is 0.225 e. The summed E-state index contributed by atoms with van der Waals surface area (Å²) in [6.45, 7) is 0. The average molecular weight is 418 g/mol. The molecule has 0 amide bonds. The van der Waals surface area contributed by atoms with Crippen LogP contribution in [0.25, 0.3) is 28.0 Å². The van der Waals surface area contributed by atoms with Crippen LogP contribution in [0.4, 0.5) is 16.2 Å². The summed E-state index contributed by atoms with van der Waals surface area (Å²) in [4.78, 5) is 9.49. The van der Waals surface area contributed by atoms with Crippen molar-refractivity contribution in [3.05, 3.63) is 54.3 Å². The normalized spacial score (nSPS) is 14.3. The molecule has 5 rings (SSSR count). The minimum atomic E-state index is -0.323. The lowest BCUT2D eigenvalue weighted by Gasteiger charge is -2.14. The van der Waals surface area contributed by atoms with Gasteiger partial charge in [0.2, 0.25) is 5.95 Å². The fraction of sp³-hybridized carbons (Fsp3) is 0.261. The number of nitrogens with zero attached hydrogens (tertiary/aromatic N) is 4. The lowest BCUT2D eigenvalue weighted by atomic mass is 10.1. The van der Waals surface area contributed by atoms with Crippen molar-refractivity contribution in [3.8, 4) is 22.7 Å².